The maximum absolute atomic E-state index is 12.3. The Morgan fingerprint density at radius 1 is 0.846 bits per heavy atom. The van der Waals surface area contributed by atoms with Crippen LogP contribution < -0.4 is 0 Å². The summed E-state index contributed by atoms with van der Waals surface area (Å²) in [5.74, 6) is -5.45. The number of rotatable bonds is 13. The zero-order valence-electron chi connectivity index (χ0n) is 23.4. The van der Waals surface area contributed by atoms with Crippen LogP contribution in [0.15, 0.2) is 12.2 Å². The predicted octanol–water partition coefficient (Wildman–Crippen LogP) is 1.72. The molecule has 0 saturated heterocycles. The molecule has 0 spiro atoms. The van der Waals surface area contributed by atoms with Crippen molar-refractivity contribution in [3.63, 3.8) is 0 Å². The van der Waals surface area contributed by atoms with Crippen LogP contribution in [0.3, 0.4) is 0 Å². The van der Waals surface area contributed by atoms with Crippen LogP contribution in [0.2, 0.25) is 19.6 Å². The van der Waals surface area contributed by atoms with E-state index in [0.29, 0.717) is 0 Å². The quantitative estimate of drug-likeness (QED) is 0.0773. The third-order valence-corrected chi connectivity index (χ3v) is 6.33. The second-order valence-electron chi connectivity index (χ2n) is 9.97. The monoisotopic (exact) mass is 575 g/mol. The van der Waals surface area contributed by atoms with Crippen LogP contribution in [-0.2, 0) is 52.1 Å². The Morgan fingerprint density at radius 3 is 1.79 bits per heavy atom. The smallest absolute Gasteiger partial charge is 0.303 e. The van der Waals surface area contributed by atoms with Gasteiger partial charge in [-0.2, -0.15) is 0 Å². The van der Waals surface area contributed by atoms with Gasteiger partial charge < -0.3 is 28.1 Å². The highest BCUT2D eigenvalue weighted by atomic mass is 28.4. The van der Waals surface area contributed by atoms with Gasteiger partial charge in [0.15, 0.2) is 32.7 Å². The van der Waals surface area contributed by atoms with Crippen LogP contribution in [0.25, 0.3) is 0 Å². The molecule has 1 rings (SSSR count). The average molecular weight is 576 g/mol. The first-order chi connectivity index (χ1) is 17.9. The van der Waals surface area contributed by atoms with E-state index in [-0.39, 0.29) is 6.42 Å². The molecule has 0 N–H and O–H groups in total. The fourth-order valence-electron chi connectivity index (χ4n) is 4.25. The van der Waals surface area contributed by atoms with E-state index in [9.17, 15) is 34.1 Å². The summed E-state index contributed by atoms with van der Waals surface area (Å²) >= 11 is 0. The van der Waals surface area contributed by atoms with Crippen molar-refractivity contribution in [3.05, 3.63) is 22.3 Å². The minimum Gasteiger partial charge on any atom is -0.462 e. The zero-order chi connectivity index (χ0) is 30.1. The Bertz CT molecular complexity index is 960. The van der Waals surface area contributed by atoms with Crippen molar-refractivity contribution in [1.82, 2.24) is 0 Å². The van der Waals surface area contributed by atoms with Gasteiger partial charge in [0.05, 0.1) is 5.92 Å². The second kappa shape index (κ2) is 14.7. The van der Waals surface area contributed by atoms with Crippen molar-refractivity contribution in [3.8, 4) is 0 Å². The number of carbonyl (C=O) groups excluding carboxylic acids is 5. The molecule has 0 bridgehead atoms. The molecule has 0 amide bonds. The molecule has 0 unspecified atom stereocenters. The van der Waals surface area contributed by atoms with Crippen LogP contribution in [0.5, 0.6) is 0 Å². The fourth-order valence-corrected chi connectivity index (χ4v) is 5.28. The molecule has 39 heavy (non-hydrogen) atoms. The number of hydrogen-bond donors (Lipinski definition) is 0. The molecule has 0 aromatic heterocycles. The topological polar surface area (TPSA) is 184 Å². The van der Waals surface area contributed by atoms with Gasteiger partial charge in [0.1, 0.15) is 12.7 Å². The van der Waals surface area contributed by atoms with Crippen LogP contribution in [-0.4, -0.2) is 86.3 Å². The van der Waals surface area contributed by atoms with E-state index in [1.807, 2.05) is 19.6 Å². The van der Waals surface area contributed by atoms with Crippen molar-refractivity contribution < 1.29 is 57.0 Å². The van der Waals surface area contributed by atoms with E-state index in [1.165, 1.54) is 0 Å². The zero-order valence-corrected chi connectivity index (χ0v) is 24.4. The molecule has 220 valence electrons. The number of nitro groups is 1. The molecule has 7 atom stereocenters. The first-order valence-corrected chi connectivity index (χ1v) is 15.6. The lowest BCUT2D eigenvalue weighted by Crippen LogP contribution is -2.59. The lowest BCUT2D eigenvalue weighted by atomic mass is 9.79. The third-order valence-electron chi connectivity index (χ3n) is 5.35. The largest absolute Gasteiger partial charge is 0.462 e. The first-order valence-electron chi connectivity index (χ1n) is 12.2. The van der Waals surface area contributed by atoms with Crippen molar-refractivity contribution >= 4 is 38.2 Å². The summed E-state index contributed by atoms with van der Waals surface area (Å²) in [5.41, 5.74) is 0. The van der Waals surface area contributed by atoms with Gasteiger partial charge in [0.25, 0.3) is 0 Å². The Balaban J connectivity index is 3.77. The molecule has 15 heteroatoms. The van der Waals surface area contributed by atoms with E-state index in [4.69, 9.17) is 28.1 Å². The highest BCUT2D eigenvalue weighted by Crippen LogP contribution is 2.34. The summed E-state index contributed by atoms with van der Waals surface area (Å²) in [7, 11) is -2.31. The highest BCUT2D eigenvalue weighted by Gasteiger charge is 2.54. The molecular weight excluding hydrogens is 538 g/mol. The van der Waals surface area contributed by atoms with Gasteiger partial charge in [0.2, 0.25) is 6.04 Å². The highest BCUT2D eigenvalue weighted by molar-refractivity contribution is 6.69. The Morgan fingerprint density at radius 2 is 1.36 bits per heavy atom. The maximum atomic E-state index is 12.3. The molecule has 0 heterocycles. The number of allylic oxidation sites excluding steroid dienone is 1. The minimum atomic E-state index is -2.31. The molecule has 0 fully saturated rings. The molecule has 0 aliphatic heterocycles. The Kier molecular flexibility index (Phi) is 12.7. The van der Waals surface area contributed by atoms with Crippen molar-refractivity contribution in [2.45, 2.75) is 97.2 Å². The van der Waals surface area contributed by atoms with Crippen molar-refractivity contribution in [2.24, 2.45) is 5.92 Å². The van der Waals surface area contributed by atoms with Gasteiger partial charge in [-0.15, -0.1) is 0 Å². The molecule has 0 radical (unpaired) electrons. The number of hydrogen-bond acceptors (Lipinski definition) is 13. The Labute approximate surface area is 227 Å². The summed E-state index contributed by atoms with van der Waals surface area (Å²) in [6.07, 6.45) is -4.31. The second-order valence-corrected chi connectivity index (χ2v) is 14.4. The van der Waals surface area contributed by atoms with Gasteiger partial charge >= 0.3 is 29.8 Å². The van der Waals surface area contributed by atoms with Gasteiger partial charge in [-0.1, -0.05) is 12.2 Å². The lowest BCUT2D eigenvalue weighted by Gasteiger charge is -2.41. The summed E-state index contributed by atoms with van der Waals surface area (Å²) < 4.78 is 32.6. The summed E-state index contributed by atoms with van der Waals surface area (Å²) in [6.45, 7) is 10.2. The number of esters is 5. The summed E-state index contributed by atoms with van der Waals surface area (Å²) in [6, 6.07) is -1.46. The SMILES string of the molecule is CC(=O)OC[C@@H](OC(C)=O)[C@@H](OC(C)=O)[C@H](OC(C)=O)[C@H](OC(C)=O)[C@H]1CC=C[C@@H](O[Si](C)(C)C)[C@@H]1[N+](=O)[O-]. The number of nitrogens with zero attached hydrogens (tertiary/aromatic N) is 1. The third kappa shape index (κ3) is 11.5. The van der Waals surface area contributed by atoms with E-state index < -0.39 is 92.2 Å². The van der Waals surface area contributed by atoms with Gasteiger partial charge in [0, 0.05) is 39.5 Å². The number of carbonyl (C=O) groups is 5. The normalized spacial score (nSPS) is 21.9. The standard InChI is InChI=1S/C24H37NO13Si/c1-13(26)33-12-20(34-14(2)27)23(36-16(4)29)24(37-17(5)30)22(35-15(3)28)18-10-9-11-19(21(18)25(31)32)38-39(6,7)8/h9,11,18-24H,10,12H2,1-8H3/t18-,19+,20+,21+,22+,23+,24+/m0/s1. The maximum Gasteiger partial charge on any atom is 0.303 e. The number of ether oxygens (including phenoxy) is 5. The minimum absolute atomic E-state index is 0.00187. The van der Waals surface area contributed by atoms with Crippen molar-refractivity contribution in [2.75, 3.05) is 6.61 Å². The molecular formula is C24H37NO13Si. The summed E-state index contributed by atoms with van der Waals surface area (Å²) in [5, 5.41) is 12.3. The molecule has 1 aliphatic rings. The van der Waals surface area contributed by atoms with E-state index in [1.54, 1.807) is 12.2 Å². The van der Waals surface area contributed by atoms with Crippen LogP contribution in [0.4, 0.5) is 0 Å². The van der Waals surface area contributed by atoms with E-state index in [2.05, 4.69) is 0 Å². The van der Waals surface area contributed by atoms with Crippen LogP contribution >= 0.6 is 0 Å². The molecule has 0 aromatic rings. The summed E-state index contributed by atoms with van der Waals surface area (Å²) in [4.78, 5) is 71.8. The average Bonchev–Trinajstić information content (AvgIpc) is 2.75. The van der Waals surface area contributed by atoms with Crippen molar-refractivity contribution in [1.29, 1.82) is 0 Å². The van der Waals surface area contributed by atoms with Gasteiger partial charge in [-0.25, -0.2) is 0 Å². The fraction of sp³-hybridized carbons (Fsp3) is 0.708. The van der Waals surface area contributed by atoms with Crippen LogP contribution in [0, 0.1) is 16.0 Å². The van der Waals surface area contributed by atoms with Gasteiger partial charge in [-0.05, 0) is 26.1 Å². The van der Waals surface area contributed by atoms with E-state index in [0.717, 1.165) is 34.6 Å². The molecule has 1 aliphatic carbocycles. The van der Waals surface area contributed by atoms with Crippen LogP contribution in [0.1, 0.15) is 41.0 Å². The lowest BCUT2D eigenvalue weighted by molar-refractivity contribution is -0.544. The molecule has 14 nitrogen and oxygen atoms in total. The van der Waals surface area contributed by atoms with Gasteiger partial charge in [-0.3, -0.25) is 34.1 Å². The Hall–Kier alpha value is -3.33. The molecule has 0 aromatic carbocycles. The first kappa shape index (κ1) is 33.7. The predicted molar refractivity (Wildman–Crippen MR) is 135 cm³/mol. The van der Waals surface area contributed by atoms with E-state index >= 15 is 0 Å². The molecule has 0 saturated carbocycles.